The molecule has 46 heavy (non-hydrogen) atoms. The summed E-state index contributed by atoms with van der Waals surface area (Å²) in [5.41, 5.74) is 4.00. The Morgan fingerprint density at radius 3 is 2.41 bits per heavy atom. The number of benzene rings is 2. The Hall–Kier alpha value is -4.08. The molecule has 3 amide bonds. The first kappa shape index (κ1) is 34.8. The molecule has 1 heterocycles. The van der Waals surface area contributed by atoms with E-state index in [0.717, 1.165) is 49.0 Å². The number of nitrogens with one attached hydrogen (secondary N) is 2. The maximum Gasteiger partial charge on any atom is 0.408 e. The Bertz CT molecular complexity index is 1380. The molecular weight excluding hydrogens is 586 g/mol. The highest BCUT2D eigenvalue weighted by Gasteiger charge is 2.31. The van der Waals surface area contributed by atoms with Crippen LogP contribution in [0.15, 0.2) is 42.5 Å². The van der Waals surface area contributed by atoms with E-state index < -0.39 is 23.7 Å². The van der Waals surface area contributed by atoms with Crippen LogP contribution in [-0.4, -0.2) is 65.2 Å². The van der Waals surface area contributed by atoms with Crippen molar-refractivity contribution in [2.24, 2.45) is 17.8 Å². The first-order chi connectivity index (χ1) is 21.8. The quantitative estimate of drug-likeness (QED) is 0.298. The first-order valence-electron chi connectivity index (χ1n) is 16.4. The van der Waals surface area contributed by atoms with Crippen LogP contribution in [0.25, 0.3) is 0 Å². The molecule has 0 aromatic heterocycles. The molecule has 1 saturated heterocycles. The lowest BCUT2D eigenvalue weighted by molar-refractivity contribution is -0.144. The summed E-state index contributed by atoms with van der Waals surface area (Å²) in [6.07, 6.45) is 3.17. The highest BCUT2D eigenvalue weighted by Crippen LogP contribution is 2.31. The second-order valence-electron chi connectivity index (χ2n) is 13.8. The van der Waals surface area contributed by atoms with Crippen molar-refractivity contribution in [3.63, 3.8) is 0 Å². The van der Waals surface area contributed by atoms with Crippen LogP contribution >= 0.6 is 0 Å². The molecule has 1 aliphatic heterocycles. The van der Waals surface area contributed by atoms with Crippen LogP contribution < -0.4 is 15.4 Å². The zero-order valence-electron chi connectivity index (χ0n) is 27.8. The average molecular weight is 636 g/mol. The van der Waals surface area contributed by atoms with Gasteiger partial charge < -0.3 is 30.1 Å². The van der Waals surface area contributed by atoms with Gasteiger partial charge in [0.2, 0.25) is 11.8 Å². The van der Waals surface area contributed by atoms with Crippen molar-refractivity contribution < 1.29 is 33.8 Å². The summed E-state index contributed by atoms with van der Waals surface area (Å²) in [7, 11) is 0. The van der Waals surface area contributed by atoms with Gasteiger partial charge >= 0.3 is 12.1 Å². The maximum absolute atomic E-state index is 13.0. The van der Waals surface area contributed by atoms with E-state index in [9.17, 15) is 24.3 Å². The summed E-state index contributed by atoms with van der Waals surface area (Å²) in [4.78, 5) is 51.5. The Morgan fingerprint density at radius 1 is 1.07 bits per heavy atom. The summed E-state index contributed by atoms with van der Waals surface area (Å²) in [5, 5.41) is 15.0. The number of amides is 3. The van der Waals surface area contributed by atoms with Crippen molar-refractivity contribution in [2.75, 3.05) is 19.7 Å². The molecule has 10 heteroatoms. The smallest absolute Gasteiger partial charge is 0.408 e. The minimum absolute atomic E-state index is 0.0650. The lowest BCUT2D eigenvalue weighted by Crippen LogP contribution is -2.48. The zero-order valence-corrected chi connectivity index (χ0v) is 27.8. The van der Waals surface area contributed by atoms with Crippen molar-refractivity contribution >= 4 is 23.9 Å². The van der Waals surface area contributed by atoms with Gasteiger partial charge in [0, 0.05) is 25.6 Å². The van der Waals surface area contributed by atoms with E-state index in [1.54, 1.807) is 25.7 Å². The fourth-order valence-electron chi connectivity index (χ4n) is 6.26. The summed E-state index contributed by atoms with van der Waals surface area (Å²) in [6, 6.07) is 13.0. The van der Waals surface area contributed by atoms with E-state index in [0.29, 0.717) is 32.2 Å². The number of rotatable bonds is 12. The number of piperidine rings is 1. The molecular formula is C36H49N3O7. The highest BCUT2D eigenvalue weighted by molar-refractivity contribution is 5.87. The number of carbonyl (C=O) groups is 4. The molecule has 10 nitrogen and oxygen atoms in total. The molecule has 0 bridgehead atoms. The van der Waals surface area contributed by atoms with E-state index in [2.05, 4.69) is 34.9 Å². The topological polar surface area (TPSA) is 134 Å². The fourth-order valence-corrected chi connectivity index (χ4v) is 6.26. The zero-order chi connectivity index (χ0) is 33.4. The molecule has 3 atom stereocenters. The molecule has 2 aliphatic rings. The van der Waals surface area contributed by atoms with E-state index in [-0.39, 0.29) is 30.1 Å². The standard InChI is InChI=1S/C36H49N3O7/c1-23-12-13-30(19-29(23)21-37-33(41)24(2)28-17-26-10-6-7-11-27(26)18-28)45-16-14-25-9-8-15-39(22-25)32(40)20-31(34(42)43)38-35(44)46-36(3,4)5/h6-7,10-13,19,24-25,28,31H,8-9,14-18,20-22H2,1-5H3,(H,37,41)(H,38,44)(H,42,43)/t24-,25?,31-/m0/s1. The van der Waals surface area contributed by atoms with Gasteiger partial charge in [0.05, 0.1) is 13.0 Å². The van der Waals surface area contributed by atoms with Crippen molar-refractivity contribution in [2.45, 2.75) is 91.3 Å². The van der Waals surface area contributed by atoms with Crippen LogP contribution in [0.3, 0.4) is 0 Å². The number of hydrogen-bond donors (Lipinski definition) is 3. The van der Waals surface area contributed by atoms with Crippen molar-refractivity contribution in [1.29, 1.82) is 0 Å². The summed E-state index contributed by atoms with van der Waals surface area (Å²) in [5.74, 6) is -0.353. The van der Waals surface area contributed by atoms with Crippen LogP contribution in [0.5, 0.6) is 5.75 Å². The lowest BCUT2D eigenvalue weighted by Gasteiger charge is -2.33. The lowest BCUT2D eigenvalue weighted by atomic mass is 9.90. The highest BCUT2D eigenvalue weighted by atomic mass is 16.6. The summed E-state index contributed by atoms with van der Waals surface area (Å²) < 4.78 is 11.2. The number of ether oxygens (including phenoxy) is 2. The van der Waals surface area contributed by atoms with Crippen LogP contribution in [0, 0.1) is 24.7 Å². The third kappa shape index (κ3) is 9.96. The number of alkyl carbamates (subject to hydrolysis) is 1. The predicted octanol–water partition coefficient (Wildman–Crippen LogP) is 5.04. The maximum atomic E-state index is 13.0. The minimum atomic E-state index is -1.37. The molecule has 1 aliphatic carbocycles. The van der Waals surface area contributed by atoms with E-state index >= 15 is 0 Å². The van der Waals surface area contributed by atoms with Crippen molar-refractivity contribution in [3.8, 4) is 5.75 Å². The average Bonchev–Trinajstić information content (AvgIpc) is 3.44. The SMILES string of the molecule is Cc1ccc(OCCC2CCCN(C(=O)C[C@H](NC(=O)OC(C)(C)C)C(=O)O)C2)cc1CNC(=O)[C@@H](C)C1Cc2ccccc2C1. The number of fused-ring (bicyclic) bond motifs is 1. The van der Waals surface area contributed by atoms with Gasteiger partial charge in [-0.1, -0.05) is 37.3 Å². The Balaban J connectivity index is 1.22. The number of hydrogen-bond acceptors (Lipinski definition) is 6. The van der Waals surface area contributed by atoms with Gasteiger partial charge in [0.1, 0.15) is 17.4 Å². The van der Waals surface area contributed by atoms with Crippen LogP contribution in [0.2, 0.25) is 0 Å². The number of nitrogens with zero attached hydrogens (tertiary/aromatic N) is 1. The number of likely N-dealkylation sites (tertiary alicyclic amines) is 1. The molecule has 250 valence electrons. The normalized spacial score (nSPS) is 17.8. The van der Waals surface area contributed by atoms with E-state index in [4.69, 9.17) is 9.47 Å². The van der Waals surface area contributed by atoms with E-state index in [1.165, 1.54) is 11.1 Å². The molecule has 4 rings (SSSR count). The Morgan fingerprint density at radius 2 is 1.76 bits per heavy atom. The largest absolute Gasteiger partial charge is 0.494 e. The van der Waals surface area contributed by atoms with Gasteiger partial charge in [-0.15, -0.1) is 0 Å². The van der Waals surface area contributed by atoms with Gasteiger partial charge in [-0.25, -0.2) is 9.59 Å². The number of aliphatic carboxylic acids is 1. The number of aryl methyl sites for hydroxylation is 1. The van der Waals surface area contributed by atoms with Gasteiger partial charge in [-0.2, -0.15) is 0 Å². The molecule has 0 saturated carbocycles. The summed E-state index contributed by atoms with van der Waals surface area (Å²) >= 11 is 0. The first-order valence-corrected chi connectivity index (χ1v) is 16.4. The van der Waals surface area contributed by atoms with Crippen molar-refractivity contribution in [3.05, 3.63) is 64.7 Å². The number of carboxylic acid groups (broad SMARTS) is 1. The molecule has 2 aromatic carbocycles. The minimum Gasteiger partial charge on any atom is -0.494 e. The third-order valence-corrected chi connectivity index (χ3v) is 9.01. The van der Waals surface area contributed by atoms with E-state index in [1.807, 2.05) is 32.0 Å². The summed E-state index contributed by atoms with van der Waals surface area (Å²) in [6.45, 7) is 11.1. The number of carbonyl (C=O) groups excluding carboxylic acids is 3. The molecule has 2 aromatic rings. The molecule has 1 unspecified atom stereocenters. The van der Waals surface area contributed by atoms with Crippen LogP contribution in [-0.2, 0) is 38.5 Å². The molecule has 0 radical (unpaired) electrons. The molecule has 3 N–H and O–H groups in total. The van der Waals surface area contributed by atoms with Gasteiger partial charge in [-0.05, 0) is 106 Å². The predicted molar refractivity (Wildman–Crippen MR) is 174 cm³/mol. The van der Waals surface area contributed by atoms with Crippen LogP contribution in [0.1, 0.15) is 75.6 Å². The monoisotopic (exact) mass is 635 g/mol. The van der Waals surface area contributed by atoms with Crippen LogP contribution in [0.4, 0.5) is 4.79 Å². The second-order valence-corrected chi connectivity index (χ2v) is 13.8. The molecule has 1 fully saturated rings. The second kappa shape index (κ2) is 15.5. The third-order valence-electron chi connectivity index (χ3n) is 9.01. The fraction of sp³-hybridized carbons (Fsp3) is 0.556. The van der Waals surface area contributed by atoms with Gasteiger partial charge in [-0.3, -0.25) is 9.59 Å². The number of carboxylic acids is 1. The Kier molecular flexibility index (Phi) is 11.7. The molecule has 0 spiro atoms. The van der Waals surface area contributed by atoms with Gasteiger partial charge in [0.25, 0.3) is 0 Å². The van der Waals surface area contributed by atoms with Crippen molar-refractivity contribution in [1.82, 2.24) is 15.5 Å². The Labute approximate surface area is 272 Å². The van der Waals surface area contributed by atoms with Gasteiger partial charge in [0.15, 0.2) is 0 Å².